The maximum absolute atomic E-state index is 14.4. The molecule has 0 aromatic heterocycles. The van der Waals surface area contributed by atoms with Crippen molar-refractivity contribution in [1.82, 2.24) is 5.32 Å². The van der Waals surface area contributed by atoms with E-state index < -0.39 is 17.6 Å². The first kappa shape index (κ1) is 24.8. The molecular formula is C26H20FIN2O4S. The van der Waals surface area contributed by atoms with Gasteiger partial charge in [0.05, 0.1) is 15.9 Å². The van der Waals surface area contributed by atoms with Gasteiger partial charge in [0.1, 0.15) is 18.0 Å². The maximum Gasteiger partial charge on any atom is 0.270 e. The number of nitrogens with one attached hydrogen (secondary N) is 1. The lowest BCUT2D eigenvalue weighted by atomic mass is 10.1. The summed E-state index contributed by atoms with van der Waals surface area (Å²) in [5.41, 5.74) is 1.33. The largest absolute Gasteiger partial charge is 0.490 e. The molecule has 1 aliphatic heterocycles. The van der Waals surface area contributed by atoms with Crippen molar-refractivity contribution < 1.29 is 23.5 Å². The molecule has 0 radical (unpaired) electrons. The Kier molecular flexibility index (Phi) is 7.76. The normalized spacial score (nSPS) is 14.8. The standard InChI is InChI=1S/C26H20FIN2O4S/c1-2-33-22-14-17(13-20(28)23(22)34-15-16-8-4-3-5-9-16)12-18-24(31)29-26(35)30(25(18)32)21-11-7-6-10-19(21)27/h3-14H,2,15H2,1H3,(H,29,31,35)/b18-12+. The van der Waals surface area contributed by atoms with E-state index in [2.05, 4.69) is 27.9 Å². The van der Waals surface area contributed by atoms with E-state index in [1.54, 1.807) is 18.2 Å². The first-order chi connectivity index (χ1) is 16.9. The van der Waals surface area contributed by atoms with Gasteiger partial charge in [-0.15, -0.1) is 0 Å². The zero-order valence-electron chi connectivity index (χ0n) is 18.6. The highest BCUT2D eigenvalue weighted by atomic mass is 127. The van der Waals surface area contributed by atoms with Crippen LogP contribution in [-0.4, -0.2) is 23.5 Å². The van der Waals surface area contributed by atoms with Crippen molar-refractivity contribution in [2.24, 2.45) is 0 Å². The Morgan fingerprint density at radius 2 is 1.77 bits per heavy atom. The molecule has 1 aliphatic rings. The molecule has 1 N–H and O–H groups in total. The van der Waals surface area contributed by atoms with Crippen LogP contribution in [0, 0.1) is 9.39 Å². The number of para-hydroxylation sites is 1. The van der Waals surface area contributed by atoms with Crippen LogP contribution in [0.25, 0.3) is 6.08 Å². The van der Waals surface area contributed by atoms with Gasteiger partial charge in [0, 0.05) is 0 Å². The number of thiocarbonyl (C=S) groups is 1. The van der Waals surface area contributed by atoms with Gasteiger partial charge in [-0.1, -0.05) is 42.5 Å². The van der Waals surface area contributed by atoms with E-state index in [0.29, 0.717) is 30.3 Å². The van der Waals surface area contributed by atoms with E-state index in [0.717, 1.165) is 14.0 Å². The van der Waals surface area contributed by atoms with Gasteiger partial charge < -0.3 is 9.47 Å². The maximum atomic E-state index is 14.4. The topological polar surface area (TPSA) is 67.9 Å². The van der Waals surface area contributed by atoms with E-state index in [9.17, 15) is 14.0 Å². The van der Waals surface area contributed by atoms with Crippen molar-refractivity contribution in [3.63, 3.8) is 0 Å². The SMILES string of the molecule is CCOc1cc(/C=C2\C(=O)NC(=S)N(c3ccccc3F)C2=O)cc(I)c1OCc1ccccc1. The fourth-order valence-corrected chi connectivity index (χ4v) is 4.54. The first-order valence-electron chi connectivity index (χ1n) is 10.7. The molecule has 4 rings (SSSR count). The van der Waals surface area contributed by atoms with E-state index in [1.807, 2.05) is 37.3 Å². The van der Waals surface area contributed by atoms with Gasteiger partial charge in [0.15, 0.2) is 16.6 Å². The van der Waals surface area contributed by atoms with Crippen LogP contribution in [-0.2, 0) is 16.2 Å². The number of rotatable bonds is 7. The Morgan fingerprint density at radius 1 is 1.06 bits per heavy atom. The Balaban J connectivity index is 1.68. The zero-order valence-corrected chi connectivity index (χ0v) is 21.6. The van der Waals surface area contributed by atoms with Gasteiger partial charge in [0.25, 0.3) is 11.8 Å². The summed E-state index contributed by atoms with van der Waals surface area (Å²) in [6, 6.07) is 18.9. The molecule has 6 nitrogen and oxygen atoms in total. The second-order valence-electron chi connectivity index (χ2n) is 7.45. The molecule has 3 aromatic rings. The summed E-state index contributed by atoms with van der Waals surface area (Å²) in [6.45, 7) is 2.60. The van der Waals surface area contributed by atoms with Crippen LogP contribution < -0.4 is 19.7 Å². The molecule has 0 saturated carbocycles. The fraction of sp³-hybridized carbons (Fsp3) is 0.115. The number of amides is 2. The molecule has 1 fully saturated rings. The van der Waals surface area contributed by atoms with Crippen molar-refractivity contribution in [2.75, 3.05) is 11.5 Å². The van der Waals surface area contributed by atoms with Crippen LogP contribution in [0.1, 0.15) is 18.1 Å². The fourth-order valence-electron chi connectivity index (χ4n) is 3.48. The lowest BCUT2D eigenvalue weighted by Crippen LogP contribution is -2.54. The highest BCUT2D eigenvalue weighted by Gasteiger charge is 2.35. The van der Waals surface area contributed by atoms with E-state index >= 15 is 0 Å². The Hall–Kier alpha value is -3.31. The second-order valence-corrected chi connectivity index (χ2v) is 9.00. The summed E-state index contributed by atoms with van der Waals surface area (Å²) in [7, 11) is 0. The van der Waals surface area contributed by atoms with E-state index in [1.165, 1.54) is 24.3 Å². The Morgan fingerprint density at radius 3 is 2.49 bits per heavy atom. The smallest absolute Gasteiger partial charge is 0.270 e. The number of hydrogen-bond donors (Lipinski definition) is 1. The number of benzene rings is 3. The minimum absolute atomic E-state index is 0.0392. The summed E-state index contributed by atoms with van der Waals surface area (Å²) >= 11 is 7.26. The summed E-state index contributed by atoms with van der Waals surface area (Å²) < 4.78 is 26.9. The molecule has 9 heteroatoms. The predicted molar refractivity (Wildman–Crippen MR) is 144 cm³/mol. The van der Waals surface area contributed by atoms with Gasteiger partial charge in [-0.2, -0.15) is 0 Å². The Bertz CT molecular complexity index is 1330. The number of nitrogens with zero attached hydrogens (tertiary/aromatic N) is 1. The number of carbonyl (C=O) groups is 2. The highest BCUT2D eigenvalue weighted by molar-refractivity contribution is 14.1. The summed E-state index contributed by atoms with van der Waals surface area (Å²) in [5.74, 6) is -0.975. The van der Waals surface area contributed by atoms with Crippen molar-refractivity contribution in [2.45, 2.75) is 13.5 Å². The van der Waals surface area contributed by atoms with Crippen molar-refractivity contribution in [1.29, 1.82) is 0 Å². The summed E-state index contributed by atoms with van der Waals surface area (Å²) in [5, 5.41) is 2.28. The number of ether oxygens (including phenoxy) is 2. The molecule has 178 valence electrons. The van der Waals surface area contributed by atoms with Gasteiger partial charge in [-0.05, 0) is 83.2 Å². The molecule has 0 aliphatic carbocycles. The minimum atomic E-state index is -0.721. The predicted octanol–water partition coefficient (Wildman–Crippen LogP) is 5.24. The van der Waals surface area contributed by atoms with Crippen LogP contribution in [0.3, 0.4) is 0 Å². The van der Waals surface area contributed by atoms with Crippen LogP contribution >= 0.6 is 34.8 Å². The molecule has 0 unspecified atom stereocenters. The van der Waals surface area contributed by atoms with Gasteiger partial charge in [-0.3, -0.25) is 14.9 Å². The molecule has 1 saturated heterocycles. The lowest BCUT2D eigenvalue weighted by molar-refractivity contribution is -0.122. The van der Waals surface area contributed by atoms with Crippen LogP contribution in [0.15, 0.2) is 72.3 Å². The Labute approximate surface area is 220 Å². The molecule has 0 spiro atoms. The molecule has 2 amide bonds. The molecule has 35 heavy (non-hydrogen) atoms. The van der Waals surface area contributed by atoms with Crippen LogP contribution in [0.2, 0.25) is 0 Å². The van der Waals surface area contributed by atoms with Gasteiger partial charge in [-0.25, -0.2) is 9.29 Å². The minimum Gasteiger partial charge on any atom is -0.490 e. The third kappa shape index (κ3) is 5.51. The summed E-state index contributed by atoms with van der Waals surface area (Å²) in [6.07, 6.45) is 1.43. The molecule has 1 heterocycles. The van der Waals surface area contributed by atoms with E-state index in [4.69, 9.17) is 21.7 Å². The number of anilines is 1. The third-order valence-electron chi connectivity index (χ3n) is 5.06. The number of carbonyl (C=O) groups excluding carboxylic acids is 2. The zero-order chi connectivity index (χ0) is 24.9. The molecule has 0 bridgehead atoms. The third-order valence-corrected chi connectivity index (χ3v) is 6.15. The van der Waals surface area contributed by atoms with Crippen molar-refractivity contribution >= 4 is 63.5 Å². The van der Waals surface area contributed by atoms with Gasteiger partial charge >= 0.3 is 0 Å². The van der Waals surface area contributed by atoms with Crippen molar-refractivity contribution in [3.8, 4) is 11.5 Å². The summed E-state index contributed by atoms with van der Waals surface area (Å²) in [4.78, 5) is 26.8. The van der Waals surface area contributed by atoms with E-state index in [-0.39, 0.29) is 16.4 Å². The van der Waals surface area contributed by atoms with Crippen LogP contribution in [0.4, 0.5) is 10.1 Å². The van der Waals surface area contributed by atoms with Crippen LogP contribution in [0.5, 0.6) is 11.5 Å². The first-order valence-corrected chi connectivity index (χ1v) is 12.2. The lowest BCUT2D eigenvalue weighted by Gasteiger charge is -2.29. The quantitative estimate of drug-likeness (QED) is 0.174. The van der Waals surface area contributed by atoms with Crippen molar-refractivity contribution in [3.05, 3.63) is 92.8 Å². The number of halogens is 2. The molecular weight excluding hydrogens is 582 g/mol. The molecule has 3 aromatic carbocycles. The average Bonchev–Trinajstić information content (AvgIpc) is 2.83. The highest BCUT2D eigenvalue weighted by Crippen LogP contribution is 2.36. The molecule has 0 atom stereocenters. The van der Waals surface area contributed by atoms with Gasteiger partial charge in [0.2, 0.25) is 0 Å². The average molecular weight is 602 g/mol. The monoisotopic (exact) mass is 602 g/mol. The second kappa shape index (κ2) is 11.0. The number of hydrogen-bond acceptors (Lipinski definition) is 5.